The summed E-state index contributed by atoms with van der Waals surface area (Å²) in [6, 6.07) is 4.65. The van der Waals surface area contributed by atoms with Crippen LogP contribution in [-0.4, -0.2) is 47.0 Å². The molecule has 7 nitrogen and oxygen atoms in total. The molecule has 2 heterocycles. The first-order valence-electron chi connectivity index (χ1n) is 7.90. The topological polar surface area (TPSA) is 89.3 Å². The summed E-state index contributed by atoms with van der Waals surface area (Å²) in [7, 11) is 0. The molecule has 0 aliphatic carbocycles. The molecular weight excluding hydrogens is 389 g/mol. The van der Waals surface area contributed by atoms with Gasteiger partial charge in [0.1, 0.15) is 5.69 Å². The molecule has 11 heteroatoms. The van der Waals surface area contributed by atoms with Crippen molar-refractivity contribution >= 4 is 23.2 Å². The highest BCUT2D eigenvalue weighted by Gasteiger charge is 2.34. The zero-order valence-corrected chi connectivity index (χ0v) is 14.5. The van der Waals surface area contributed by atoms with E-state index in [-0.39, 0.29) is 36.9 Å². The van der Waals surface area contributed by atoms with E-state index in [4.69, 9.17) is 11.6 Å². The van der Waals surface area contributed by atoms with Gasteiger partial charge in [0, 0.05) is 37.9 Å². The molecule has 1 aliphatic heterocycles. The highest BCUT2D eigenvalue weighted by atomic mass is 35.5. The van der Waals surface area contributed by atoms with Gasteiger partial charge in [0.25, 0.3) is 11.5 Å². The Balaban J connectivity index is 1.73. The van der Waals surface area contributed by atoms with Crippen LogP contribution < -0.4 is 16.1 Å². The van der Waals surface area contributed by atoms with E-state index in [1.54, 1.807) is 4.90 Å². The van der Waals surface area contributed by atoms with Gasteiger partial charge in [-0.15, -0.1) is 0 Å². The minimum Gasteiger partial charge on any atom is -0.368 e. The molecule has 0 saturated carbocycles. The highest BCUT2D eigenvalue weighted by molar-refractivity contribution is 6.31. The second-order valence-corrected chi connectivity index (χ2v) is 6.35. The van der Waals surface area contributed by atoms with Crippen molar-refractivity contribution in [2.24, 2.45) is 0 Å². The third kappa shape index (κ3) is 4.16. The number of rotatable bonds is 2. The van der Waals surface area contributed by atoms with Crippen molar-refractivity contribution < 1.29 is 18.0 Å². The number of amides is 1. The predicted molar refractivity (Wildman–Crippen MR) is 92.3 cm³/mol. The maximum Gasteiger partial charge on any atom is 0.417 e. The number of nitrogens with one attached hydrogen (secondary N) is 2. The van der Waals surface area contributed by atoms with Crippen LogP contribution >= 0.6 is 11.6 Å². The quantitative estimate of drug-likeness (QED) is 0.800. The van der Waals surface area contributed by atoms with Gasteiger partial charge in [-0.25, -0.2) is 4.79 Å². The van der Waals surface area contributed by atoms with Crippen LogP contribution in [0.1, 0.15) is 16.1 Å². The molecule has 144 valence electrons. The van der Waals surface area contributed by atoms with Crippen molar-refractivity contribution in [1.82, 2.24) is 14.9 Å². The second kappa shape index (κ2) is 7.10. The Labute approximate surface area is 155 Å². The summed E-state index contributed by atoms with van der Waals surface area (Å²) >= 11 is 5.63. The van der Waals surface area contributed by atoms with Crippen molar-refractivity contribution in [2.75, 3.05) is 31.1 Å². The Kier molecular flexibility index (Phi) is 5.01. The summed E-state index contributed by atoms with van der Waals surface area (Å²) in [6.07, 6.45) is -4.56. The number of hydrogen-bond donors (Lipinski definition) is 2. The number of anilines is 1. The average Bonchev–Trinajstić information content (AvgIpc) is 2.60. The average molecular weight is 403 g/mol. The molecular formula is C16H14ClF3N4O3. The third-order valence-corrected chi connectivity index (χ3v) is 4.51. The largest absolute Gasteiger partial charge is 0.417 e. The van der Waals surface area contributed by atoms with Gasteiger partial charge in [-0.2, -0.15) is 13.2 Å². The van der Waals surface area contributed by atoms with Crippen LogP contribution in [-0.2, 0) is 6.18 Å². The second-order valence-electron chi connectivity index (χ2n) is 5.94. The molecule has 0 unspecified atom stereocenters. The summed E-state index contributed by atoms with van der Waals surface area (Å²) in [6.45, 7) is 1.02. The van der Waals surface area contributed by atoms with Crippen molar-refractivity contribution in [3.8, 4) is 0 Å². The maximum atomic E-state index is 13.0. The number of aromatic amines is 2. The van der Waals surface area contributed by atoms with E-state index in [1.807, 2.05) is 4.98 Å². The Hall–Kier alpha value is -2.75. The summed E-state index contributed by atoms with van der Waals surface area (Å²) in [4.78, 5) is 42.4. The number of H-pyrrole nitrogens is 2. The van der Waals surface area contributed by atoms with Gasteiger partial charge in [-0.05, 0) is 18.2 Å². The van der Waals surface area contributed by atoms with Crippen LogP contribution in [0.15, 0.2) is 33.9 Å². The first-order valence-corrected chi connectivity index (χ1v) is 8.27. The fourth-order valence-electron chi connectivity index (χ4n) is 2.85. The van der Waals surface area contributed by atoms with E-state index in [0.717, 1.165) is 12.1 Å². The molecule has 1 amide bonds. The van der Waals surface area contributed by atoms with Gasteiger partial charge in [-0.1, -0.05) is 11.6 Å². The lowest BCUT2D eigenvalue weighted by atomic mass is 10.1. The number of piperazine rings is 1. The normalized spacial score (nSPS) is 15.1. The van der Waals surface area contributed by atoms with E-state index in [0.29, 0.717) is 5.69 Å². The molecule has 27 heavy (non-hydrogen) atoms. The number of hydrogen-bond acceptors (Lipinski definition) is 4. The van der Waals surface area contributed by atoms with E-state index in [2.05, 4.69) is 4.98 Å². The van der Waals surface area contributed by atoms with Gasteiger partial charge in [0.05, 0.1) is 10.6 Å². The number of carbonyl (C=O) groups is 1. The molecule has 0 bridgehead atoms. The fraction of sp³-hybridized carbons (Fsp3) is 0.312. The number of nitrogens with zero attached hydrogens (tertiary/aromatic N) is 2. The van der Waals surface area contributed by atoms with Crippen molar-refractivity contribution in [3.63, 3.8) is 0 Å². The lowest BCUT2D eigenvalue weighted by Crippen LogP contribution is -2.49. The Morgan fingerprint density at radius 1 is 1.04 bits per heavy atom. The molecule has 1 saturated heterocycles. The highest BCUT2D eigenvalue weighted by Crippen LogP contribution is 2.37. The minimum absolute atomic E-state index is 0.136. The molecule has 0 radical (unpaired) electrons. The SMILES string of the molecule is O=C(c1cc(=O)[nH]c(=O)[nH]1)N1CCN(c2ccc(Cl)c(C(F)(F)F)c2)CC1. The standard InChI is InChI=1S/C16H14ClF3N4O3/c17-11-2-1-9(7-10(11)16(18,19)20)23-3-5-24(6-4-23)14(26)12-8-13(25)22-15(27)21-12/h1-2,7-8H,3-6H2,(H2,21,22,25,27). The van der Waals surface area contributed by atoms with Crippen LogP contribution in [0, 0.1) is 0 Å². The number of halogens is 4. The summed E-state index contributed by atoms with van der Waals surface area (Å²) < 4.78 is 39.0. The molecule has 2 N–H and O–H groups in total. The van der Waals surface area contributed by atoms with Crippen LogP contribution in [0.25, 0.3) is 0 Å². The number of carbonyl (C=O) groups excluding carboxylic acids is 1. The monoisotopic (exact) mass is 402 g/mol. The van der Waals surface area contributed by atoms with Gasteiger partial charge < -0.3 is 14.8 Å². The van der Waals surface area contributed by atoms with E-state index < -0.39 is 28.9 Å². The van der Waals surface area contributed by atoms with Crippen molar-refractivity contribution in [2.45, 2.75) is 6.18 Å². The molecule has 0 spiro atoms. The van der Waals surface area contributed by atoms with E-state index in [9.17, 15) is 27.6 Å². The molecule has 1 fully saturated rings. The van der Waals surface area contributed by atoms with Crippen LogP contribution in [0.4, 0.5) is 18.9 Å². The van der Waals surface area contributed by atoms with E-state index >= 15 is 0 Å². The maximum absolute atomic E-state index is 13.0. The molecule has 2 aromatic rings. The molecule has 1 aliphatic rings. The fourth-order valence-corrected chi connectivity index (χ4v) is 3.07. The van der Waals surface area contributed by atoms with Gasteiger partial charge in [0.2, 0.25) is 0 Å². The molecule has 1 aromatic heterocycles. The van der Waals surface area contributed by atoms with Gasteiger partial charge in [0.15, 0.2) is 0 Å². The molecule has 0 atom stereocenters. The summed E-state index contributed by atoms with van der Waals surface area (Å²) in [5, 5.41) is -0.377. The zero-order chi connectivity index (χ0) is 19.8. The minimum atomic E-state index is -4.56. The van der Waals surface area contributed by atoms with Crippen LogP contribution in [0.2, 0.25) is 5.02 Å². The Bertz CT molecular complexity index is 950. The molecule has 1 aromatic carbocycles. The van der Waals surface area contributed by atoms with Gasteiger partial charge >= 0.3 is 11.9 Å². The number of aromatic nitrogens is 2. The lowest BCUT2D eigenvalue weighted by molar-refractivity contribution is -0.137. The Morgan fingerprint density at radius 3 is 2.30 bits per heavy atom. The van der Waals surface area contributed by atoms with Crippen molar-refractivity contribution in [3.05, 3.63) is 61.4 Å². The van der Waals surface area contributed by atoms with Crippen LogP contribution in [0.5, 0.6) is 0 Å². The zero-order valence-electron chi connectivity index (χ0n) is 13.8. The van der Waals surface area contributed by atoms with E-state index in [1.165, 1.54) is 17.0 Å². The lowest BCUT2D eigenvalue weighted by Gasteiger charge is -2.36. The van der Waals surface area contributed by atoms with Crippen LogP contribution in [0.3, 0.4) is 0 Å². The number of alkyl halides is 3. The third-order valence-electron chi connectivity index (χ3n) is 4.18. The number of benzene rings is 1. The predicted octanol–water partition coefficient (Wildman–Crippen LogP) is 1.70. The van der Waals surface area contributed by atoms with Crippen molar-refractivity contribution in [1.29, 1.82) is 0 Å². The summed E-state index contributed by atoms with van der Waals surface area (Å²) in [5.41, 5.74) is -2.18. The summed E-state index contributed by atoms with van der Waals surface area (Å²) in [5.74, 6) is -0.523. The van der Waals surface area contributed by atoms with Gasteiger partial charge in [-0.3, -0.25) is 14.6 Å². The smallest absolute Gasteiger partial charge is 0.368 e. The first kappa shape index (κ1) is 19.0. The Morgan fingerprint density at radius 2 is 1.70 bits per heavy atom. The molecule has 3 rings (SSSR count). The first-order chi connectivity index (χ1) is 12.6.